The van der Waals surface area contributed by atoms with Crippen LogP contribution in [0.15, 0.2) is 24.7 Å². The molecule has 4 rings (SSSR count). The van der Waals surface area contributed by atoms with Gasteiger partial charge in [0.2, 0.25) is 23.5 Å². The van der Waals surface area contributed by atoms with Crippen LogP contribution in [0.2, 0.25) is 0 Å². The van der Waals surface area contributed by atoms with Crippen LogP contribution in [0.4, 0.5) is 0 Å². The van der Waals surface area contributed by atoms with E-state index in [4.69, 9.17) is 19.9 Å². The summed E-state index contributed by atoms with van der Waals surface area (Å²) in [6.45, 7) is 0.465. The number of benzene rings is 1. The van der Waals surface area contributed by atoms with Gasteiger partial charge in [0, 0.05) is 24.9 Å². The van der Waals surface area contributed by atoms with Gasteiger partial charge in [0.05, 0.1) is 33.6 Å². The van der Waals surface area contributed by atoms with Crippen molar-refractivity contribution in [1.29, 1.82) is 0 Å². The molecular formula is C29H41N5O6. The monoisotopic (exact) mass is 555 g/mol. The van der Waals surface area contributed by atoms with Crippen LogP contribution in [-0.2, 0) is 20.8 Å². The normalized spacial score (nSPS) is 19.4. The maximum absolute atomic E-state index is 14.5. The van der Waals surface area contributed by atoms with E-state index in [1.807, 2.05) is 12.1 Å². The van der Waals surface area contributed by atoms with Gasteiger partial charge < -0.3 is 35.1 Å². The largest absolute Gasteiger partial charge is 0.493 e. The number of amides is 3. The van der Waals surface area contributed by atoms with Gasteiger partial charge in [0.15, 0.2) is 11.5 Å². The van der Waals surface area contributed by atoms with Gasteiger partial charge in [-0.1, -0.05) is 19.3 Å². The van der Waals surface area contributed by atoms with Crippen molar-refractivity contribution in [2.24, 2.45) is 11.7 Å². The Morgan fingerprint density at radius 2 is 1.70 bits per heavy atom. The Hall–Kier alpha value is -3.76. The smallest absolute Gasteiger partial charge is 0.243 e. The number of hydrogen-bond donors (Lipinski definition) is 3. The first-order valence-corrected chi connectivity index (χ1v) is 14.0. The molecular weight excluding hydrogens is 514 g/mol. The number of aromatic amines is 1. The van der Waals surface area contributed by atoms with Gasteiger partial charge in [0.25, 0.3) is 0 Å². The molecule has 3 amide bonds. The Morgan fingerprint density at radius 3 is 2.27 bits per heavy atom. The molecule has 11 heteroatoms. The summed E-state index contributed by atoms with van der Waals surface area (Å²) in [5.41, 5.74) is 7.09. The highest BCUT2D eigenvalue weighted by atomic mass is 16.5. The van der Waals surface area contributed by atoms with Crippen molar-refractivity contribution in [1.82, 2.24) is 20.2 Å². The molecule has 40 heavy (non-hydrogen) atoms. The molecule has 218 valence electrons. The number of piperidine rings is 1. The number of nitrogens with zero attached hydrogens (tertiary/aromatic N) is 2. The molecule has 2 aromatic rings. The van der Waals surface area contributed by atoms with E-state index >= 15 is 0 Å². The zero-order chi connectivity index (χ0) is 28.6. The number of H-pyrrole nitrogens is 1. The number of aromatic nitrogens is 2. The highest BCUT2D eigenvalue weighted by molar-refractivity contribution is 5.93. The Bertz CT molecular complexity index is 1140. The molecule has 4 N–H and O–H groups in total. The molecule has 0 unspecified atom stereocenters. The predicted molar refractivity (Wildman–Crippen MR) is 148 cm³/mol. The molecule has 1 saturated heterocycles. The number of nitrogens with one attached hydrogen (secondary N) is 2. The van der Waals surface area contributed by atoms with E-state index in [2.05, 4.69) is 15.3 Å². The van der Waals surface area contributed by atoms with Crippen molar-refractivity contribution in [2.45, 2.75) is 75.8 Å². The number of imidazole rings is 1. The summed E-state index contributed by atoms with van der Waals surface area (Å²) in [5.74, 6) is -0.0210. The van der Waals surface area contributed by atoms with E-state index in [1.165, 1.54) is 6.33 Å². The minimum atomic E-state index is -0.920. The zero-order valence-corrected chi connectivity index (χ0v) is 23.6. The molecule has 0 radical (unpaired) electrons. The molecule has 2 heterocycles. The van der Waals surface area contributed by atoms with Crippen LogP contribution < -0.4 is 25.3 Å². The number of hydrogen-bond acceptors (Lipinski definition) is 7. The summed E-state index contributed by atoms with van der Waals surface area (Å²) < 4.78 is 16.7. The summed E-state index contributed by atoms with van der Waals surface area (Å²) >= 11 is 0. The number of rotatable bonds is 11. The maximum Gasteiger partial charge on any atom is 0.243 e. The first-order valence-electron chi connectivity index (χ1n) is 14.0. The third kappa shape index (κ3) is 6.51. The minimum absolute atomic E-state index is 0.0924. The van der Waals surface area contributed by atoms with Crippen molar-refractivity contribution >= 4 is 17.7 Å². The van der Waals surface area contributed by atoms with Crippen molar-refractivity contribution in [3.8, 4) is 17.2 Å². The molecule has 0 spiro atoms. The Labute approximate surface area is 235 Å². The topological polar surface area (TPSA) is 149 Å². The van der Waals surface area contributed by atoms with Crippen LogP contribution in [0, 0.1) is 5.92 Å². The lowest BCUT2D eigenvalue weighted by Gasteiger charge is -2.40. The third-order valence-corrected chi connectivity index (χ3v) is 8.16. The van der Waals surface area contributed by atoms with Crippen molar-refractivity contribution in [2.75, 3.05) is 27.9 Å². The SMILES string of the molecule is COc1cc([C@@H](C(=O)N2CCCC[C@H]2C(=O)N[C@H](Cc2cnc[nH]2)C(N)=O)C2CCCCC2)cc(OC)c1OC. The van der Waals surface area contributed by atoms with Gasteiger partial charge in [-0.2, -0.15) is 0 Å². The average Bonchev–Trinajstić information content (AvgIpc) is 3.50. The molecule has 2 fully saturated rings. The highest BCUT2D eigenvalue weighted by Crippen LogP contribution is 2.45. The first-order chi connectivity index (χ1) is 19.4. The quantitative estimate of drug-likeness (QED) is 0.386. The predicted octanol–water partition coefficient (Wildman–Crippen LogP) is 2.69. The average molecular weight is 556 g/mol. The number of nitrogens with two attached hydrogens (primary N) is 1. The Kier molecular flexibility index (Phi) is 9.89. The van der Waals surface area contributed by atoms with Gasteiger partial charge in [0.1, 0.15) is 12.1 Å². The maximum atomic E-state index is 14.5. The molecule has 3 atom stereocenters. The number of carbonyl (C=O) groups excluding carboxylic acids is 3. The van der Waals surface area contributed by atoms with Crippen molar-refractivity contribution in [3.05, 3.63) is 35.9 Å². The van der Waals surface area contributed by atoms with Crippen LogP contribution >= 0.6 is 0 Å². The fourth-order valence-corrected chi connectivity index (χ4v) is 6.12. The Morgan fingerprint density at radius 1 is 1.02 bits per heavy atom. The number of primary amides is 1. The summed E-state index contributed by atoms with van der Waals surface area (Å²) in [6.07, 6.45) is 10.5. The number of ether oxygens (including phenoxy) is 3. The second-order valence-electron chi connectivity index (χ2n) is 10.6. The zero-order valence-electron chi connectivity index (χ0n) is 23.6. The lowest BCUT2D eigenvalue weighted by molar-refractivity contribution is -0.145. The molecule has 1 aromatic heterocycles. The van der Waals surface area contributed by atoms with Crippen molar-refractivity contribution < 1.29 is 28.6 Å². The summed E-state index contributed by atoms with van der Waals surface area (Å²) in [5, 5.41) is 2.81. The van der Waals surface area contributed by atoms with Crippen LogP contribution in [0.3, 0.4) is 0 Å². The standard InChI is InChI=1S/C29H41N5O6/c1-38-23-13-19(14-24(39-2)26(23)40-3)25(18-9-5-4-6-10-18)29(37)34-12-8-7-11-22(34)28(36)33-21(27(30)35)15-20-16-31-17-32-20/h13-14,16-18,21-22,25H,4-12,15H2,1-3H3,(H2,30,35)(H,31,32)(H,33,36)/t21-,22+,25+/m1/s1. The fourth-order valence-electron chi connectivity index (χ4n) is 6.12. The third-order valence-electron chi connectivity index (χ3n) is 8.16. The van der Waals surface area contributed by atoms with E-state index in [0.29, 0.717) is 35.9 Å². The van der Waals surface area contributed by atoms with E-state index in [9.17, 15) is 14.4 Å². The van der Waals surface area contributed by atoms with Gasteiger partial charge in [-0.05, 0) is 55.7 Å². The van der Waals surface area contributed by atoms with Crippen LogP contribution in [0.25, 0.3) is 0 Å². The van der Waals surface area contributed by atoms with Crippen molar-refractivity contribution in [3.63, 3.8) is 0 Å². The molecule has 0 bridgehead atoms. The van der Waals surface area contributed by atoms with Gasteiger partial charge in [-0.25, -0.2) is 4.98 Å². The summed E-state index contributed by atoms with van der Waals surface area (Å²) in [7, 11) is 4.66. The molecule has 1 aliphatic carbocycles. The van der Waals surface area contributed by atoms with Crippen LogP contribution in [0.1, 0.15) is 68.5 Å². The van der Waals surface area contributed by atoms with Gasteiger partial charge >= 0.3 is 0 Å². The Balaban J connectivity index is 1.64. The summed E-state index contributed by atoms with van der Waals surface area (Å²) in [4.78, 5) is 48.8. The number of likely N-dealkylation sites (tertiary alicyclic amines) is 1. The second-order valence-corrected chi connectivity index (χ2v) is 10.6. The van der Waals surface area contributed by atoms with E-state index in [0.717, 1.165) is 50.5 Å². The lowest BCUT2D eigenvalue weighted by Crippen LogP contribution is -2.57. The first kappa shape index (κ1) is 29.2. The fraction of sp³-hybridized carbons (Fsp3) is 0.586. The number of carbonyl (C=O) groups is 3. The minimum Gasteiger partial charge on any atom is -0.493 e. The number of methoxy groups -OCH3 is 3. The molecule has 1 saturated carbocycles. The molecule has 1 aliphatic heterocycles. The second kappa shape index (κ2) is 13.5. The van der Waals surface area contributed by atoms with Gasteiger partial charge in [-0.15, -0.1) is 0 Å². The van der Waals surface area contributed by atoms with E-state index in [-0.39, 0.29) is 24.2 Å². The van der Waals surface area contributed by atoms with Crippen LogP contribution in [0.5, 0.6) is 17.2 Å². The molecule has 2 aliphatic rings. The lowest BCUT2D eigenvalue weighted by atomic mass is 9.75. The van der Waals surface area contributed by atoms with Gasteiger partial charge in [-0.3, -0.25) is 14.4 Å². The van der Waals surface area contributed by atoms with E-state index in [1.54, 1.807) is 32.4 Å². The highest BCUT2D eigenvalue weighted by Gasteiger charge is 2.41. The molecule has 11 nitrogen and oxygen atoms in total. The summed E-state index contributed by atoms with van der Waals surface area (Å²) in [6, 6.07) is 2.09. The van der Waals surface area contributed by atoms with Crippen LogP contribution in [-0.4, -0.2) is 72.5 Å². The van der Waals surface area contributed by atoms with E-state index < -0.39 is 23.9 Å². The molecule has 1 aromatic carbocycles.